The summed E-state index contributed by atoms with van der Waals surface area (Å²) >= 11 is 0. The van der Waals surface area contributed by atoms with Gasteiger partial charge in [0.2, 0.25) is 23.6 Å². The molecule has 2 aliphatic heterocycles. The molecule has 2 heterocycles. The van der Waals surface area contributed by atoms with E-state index in [4.69, 9.17) is 0 Å². The lowest BCUT2D eigenvalue weighted by Crippen LogP contribution is -2.60. The first-order valence-corrected chi connectivity index (χ1v) is 17.1. The fourth-order valence-electron chi connectivity index (χ4n) is 6.03. The maximum atomic E-state index is 14.0. The van der Waals surface area contributed by atoms with Crippen molar-refractivity contribution in [1.82, 2.24) is 30.7 Å². The summed E-state index contributed by atoms with van der Waals surface area (Å²) in [5, 5.41) is 17.8. The summed E-state index contributed by atoms with van der Waals surface area (Å²) in [4.78, 5) is 92.9. The van der Waals surface area contributed by atoms with Gasteiger partial charge in [0.1, 0.15) is 12.1 Å². The smallest absolute Gasteiger partial charge is 0.326 e. The number of hydrogen-bond acceptors (Lipinski definition) is 8. The van der Waals surface area contributed by atoms with E-state index in [2.05, 4.69) is 34.7 Å². The minimum Gasteiger partial charge on any atom is -0.480 e. The second-order valence-electron chi connectivity index (χ2n) is 14.6. The molecule has 14 heteroatoms. The van der Waals surface area contributed by atoms with E-state index in [1.807, 2.05) is 34.6 Å². The number of piperidine rings is 1. The Morgan fingerprint density at radius 1 is 1.02 bits per heavy atom. The molecule has 0 saturated carbocycles. The van der Waals surface area contributed by atoms with Gasteiger partial charge in [-0.25, -0.2) is 4.79 Å². The van der Waals surface area contributed by atoms with Crippen molar-refractivity contribution < 1.29 is 38.7 Å². The SMILES string of the molecule is C/C(=C\[C@H](C(C)C)N(C)C(=O)C(NC(=O)[C@H]1CCCCN1C(C)C)C(C)(C)C)C(=O)N[C@H](CCC(=O)NCCN1C(=O)C=CC1=O)C(=O)O. The van der Waals surface area contributed by atoms with E-state index < -0.39 is 53.1 Å². The van der Waals surface area contributed by atoms with E-state index in [1.165, 1.54) is 11.8 Å². The number of carboxylic acids is 1. The van der Waals surface area contributed by atoms with Gasteiger partial charge in [-0.1, -0.05) is 47.1 Å². The van der Waals surface area contributed by atoms with Crippen molar-refractivity contribution >= 4 is 41.4 Å². The highest BCUT2D eigenvalue weighted by atomic mass is 16.4. The van der Waals surface area contributed by atoms with Crippen molar-refractivity contribution in [3.63, 3.8) is 0 Å². The molecule has 2 rings (SSSR count). The first kappa shape index (κ1) is 41.1. The summed E-state index contributed by atoms with van der Waals surface area (Å²) in [6.45, 7) is 15.9. The van der Waals surface area contributed by atoms with E-state index in [0.717, 1.165) is 42.9 Å². The van der Waals surface area contributed by atoms with Crippen LogP contribution in [-0.4, -0.2) is 118 Å². The third-order valence-electron chi connectivity index (χ3n) is 8.99. The van der Waals surface area contributed by atoms with E-state index in [-0.39, 0.29) is 61.3 Å². The number of carbonyl (C=O) groups is 7. The van der Waals surface area contributed by atoms with Gasteiger partial charge in [-0.05, 0) is 57.9 Å². The van der Waals surface area contributed by atoms with Gasteiger partial charge in [0.05, 0.1) is 12.1 Å². The Kier molecular flexibility index (Phi) is 15.2. The van der Waals surface area contributed by atoms with Gasteiger partial charge in [0.25, 0.3) is 11.8 Å². The molecule has 0 aromatic heterocycles. The van der Waals surface area contributed by atoms with Crippen LogP contribution in [0.15, 0.2) is 23.8 Å². The predicted molar refractivity (Wildman–Crippen MR) is 184 cm³/mol. The van der Waals surface area contributed by atoms with Gasteiger partial charge < -0.3 is 26.0 Å². The van der Waals surface area contributed by atoms with Crippen LogP contribution in [0, 0.1) is 11.3 Å². The lowest BCUT2D eigenvalue weighted by molar-refractivity contribution is -0.142. The standard InChI is InChI=1S/C35H56N6O8/c1-21(2)26(39(9)33(47)30(35(6,7)8)38-32(46)25-12-10-11-18-40(25)22(3)4)20-23(5)31(45)37-24(34(48)49)13-14-27(42)36-17-19-41-28(43)15-16-29(41)44/h15-16,20-22,24-26,30H,10-14,17-19H2,1-9H3,(H,36,42)(H,37,45)(H,38,46)(H,48,49)/b23-20+/t24-,25-,26-,30?/m1/s1. The average molecular weight is 689 g/mol. The molecular formula is C35H56N6O8. The maximum Gasteiger partial charge on any atom is 0.326 e. The molecule has 1 unspecified atom stereocenters. The van der Waals surface area contributed by atoms with Crippen LogP contribution < -0.4 is 16.0 Å². The number of carbonyl (C=O) groups excluding carboxylic acids is 6. The van der Waals surface area contributed by atoms with E-state index >= 15 is 0 Å². The Morgan fingerprint density at radius 2 is 1.63 bits per heavy atom. The highest BCUT2D eigenvalue weighted by molar-refractivity contribution is 6.12. The average Bonchev–Trinajstić information content (AvgIpc) is 3.34. The second-order valence-corrected chi connectivity index (χ2v) is 14.6. The molecule has 0 spiro atoms. The Morgan fingerprint density at radius 3 is 2.16 bits per heavy atom. The molecule has 274 valence electrons. The van der Waals surface area contributed by atoms with Crippen molar-refractivity contribution in [1.29, 1.82) is 0 Å². The molecule has 0 bridgehead atoms. The molecule has 49 heavy (non-hydrogen) atoms. The van der Waals surface area contributed by atoms with Crippen LogP contribution in [0.2, 0.25) is 0 Å². The van der Waals surface area contributed by atoms with Gasteiger partial charge >= 0.3 is 5.97 Å². The highest BCUT2D eigenvalue weighted by Gasteiger charge is 2.40. The number of rotatable bonds is 16. The summed E-state index contributed by atoms with van der Waals surface area (Å²) < 4.78 is 0. The number of imide groups is 1. The first-order chi connectivity index (χ1) is 22.8. The van der Waals surface area contributed by atoms with Gasteiger partial charge in [-0.2, -0.15) is 0 Å². The summed E-state index contributed by atoms with van der Waals surface area (Å²) in [6, 6.07) is -2.88. The molecule has 6 amide bonds. The molecule has 14 nitrogen and oxygen atoms in total. The molecule has 1 saturated heterocycles. The Hall–Kier alpha value is -4.07. The number of aliphatic carboxylic acids is 1. The number of nitrogens with zero attached hydrogens (tertiary/aromatic N) is 3. The molecule has 0 aliphatic carbocycles. The predicted octanol–water partition coefficient (Wildman–Crippen LogP) is 1.60. The van der Waals surface area contributed by atoms with Crippen LogP contribution in [0.1, 0.15) is 87.5 Å². The molecule has 4 N–H and O–H groups in total. The third kappa shape index (κ3) is 11.8. The molecular weight excluding hydrogens is 632 g/mol. The molecule has 0 radical (unpaired) electrons. The van der Waals surface area contributed by atoms with Crippen LogP contribution in [0.4, 0.5) is 0 Å². The highest BCUT2D eigenvalue weighted by Crippen LogP contribution is 2.26. The quantitative estimate of drug-likeness (QED) is 0.138. The van der Waals surface area contributed by atoms with E-state index in [0.29, 0.717) is 0 Å². The minimum absolute atomic E-state index is 0.00346. The fourth-order valence-corrected chi connectivity index (χ4v) is 6.03. The minimum atomic E-state index is -1.37. The van der Waals surface area contributed by atoms with Crippen molar-refractivity contribution in [3.05, 3.63) is 23.8 Å². The first-order valence-electron chi connectivity index (χ1n) is 17.1. The molecule has 4 atom stereocenters. The van der Waals surface area contributed by atoms with Crippen LogP contribution in [0.25, 0.3) is 0 Å². The molecule has 2 aliphatic rings. The number of nitrogens with one attached hydrogen (secondary N) is 3. The molecule has 0 aromatic carbocycles. The van der Waals surface area contributed by atoms with Gasteiger partial charge in [-0.15, -0.1) is 0 Å². The van der Waals surface area contributed by atoms with Gasteiger partial charge in [0, 0.05) is 50.3 Å². The van der Waals surface area contributed by atoms with Gasteiger partial charge in [0.15, 0.2) is 0 Å². The summed E-state index contributed by atoms with van der Waals surface area (Å²) in [5.74, 6) is -4.04. The zero-order chi connectivity index (χ0) is 37.2. The van der Waals surface area contributed by atoms with Crippen LogP contribution in [0.5, 0.6) is 0 Å². The largest absolute Gasteiger partial charge is 0.480 e. The van der Waals surface area contributed by atoms with Gasteiger partial charge in [-0.3, -0.25) is 38.6 Å². The number of carboxylic acid groups (broad SMARTS) is 1. The Bertz CT molecular complexity index is 1300. The number of amides is 6. The van der Waals surface area contributed by atoms with E-state index in [1.54, 1.807) is 13.1 Å². The topological polar surface area (TPSA) is 186 Å². The van der Waals surface area contributed by atoms with Crippen LogP contribution in [-0.2, 0) is 33.6 Å². The monoisotopic (exact) mass is 688 g/mol. The summed E-state index contributed by atoms with van der Waals surface area (Å²) in [5.41, 5.74) is -0.425. The van der Waals surface area contributed by atoms with E-state index in [9.17, 15) is 38.7 Å². The number of likely N-dealkylation sites (tertiary alicyclic amines) is 1. The van der Waals surface area contributed by atoms with Crippen molar-refractivity contribution in [2.45, 2.75) is 118 Å². The Labute approximate surface area is 290 Å². The summed E-state index contributed by atoms with van der Waals surface area (Å²) in [7, 11) is 1.63. The Balaban J connectivity index is 2.08. The fraction of sp³-hybridized carbons (Fsp3) is 0.686. The van der Waals surface area contributed by atoms with Crippen molar-refractivity contribution in [2.75, 3.05) is 26.7 Å². The zero-order valence-electron chi connectivity index (χ0n) is 30.5. The third-order valence-corrected chi connectivity index (χ3v) is 8.99. The number of hydrogen-bond donors (Lipinski definition) is 4. The van der Waals surface area contributed by atoms with Crippen LogP contribution >= 0.6 is 0 Å². The van der Waals surface area contributed by atoms with Crippen molar-refractivity contribution in [3.8, 4) is 0 Å². The lowest BCUT2D eigenvalue weighted by atomic mass is 9.84. The second kappa shape index (κ2) is 18.1. The maximum absolute atomic E-state index is 14.0. The molecule has 0 aromatic rings. The normalized spacial score (nSPS) is 19.1. The summed E-state index contributed by atoms with van der Waals surface area (Å²) in [6.07, 6.45) is 6.16. The number of likely N-dealkylation sites (N-methyl/N-ethyl adjacent to an activating group) is 1. The van der Waals surface area contributed by atoms with Crippen molar-refractivity contribution in [2.24, 2.45) is 11.3 Å². The zero-order valence-corrected chi connectivity index (χ0v) is 30.5. The molecule has 1 fully saturated rings. The van der Waals surface area contributed by atoms with Crippen LogP contribution in [0.3, 0.4) is 0 Å². The lowest BCUT2D eigenvalue weighted by Gasteiger charge is -2.41.